The SMILES string of the molecule is CC1=CC=CC(C(NCC2CC2)c2ccc(C)cc2C)C1. The third-order valence-electron chi connectivity index (χ3n) is 4.81. The first-order valence-corrected chi connectivity index (χ1v) is 8.28. The van der Waals surface area contributed by atoms with E-state index in [0.717, 1.165) is 5.92 Å². The molecule has 1 nitrogen and oxygen atoms in total. The first kappa shape index (κ1) is 14.6. The Hall–Kier alpha value is -1.34. The first-order chi connectivity index (χ1) is 10.1. The van der Waals surface area contributed by atoms with Crippen LogP contribution in [0.3, 0.4) is 0 Å². The molecule has 21 heavy (non-hydrogen) atoms. The van der Waals surface area contributed by atoms with Gasteiger partial charge in [-0.25, -0.2) is 0 Å². The van der Waals surface area contributed by atoms with E-state index in [-0.39, 0.29) is 0 Å². The van der Waals surface area contributed by atoms with E-state index in [1.54, 1.807) is 0 Å². The molecule has 112 valence electrons. The topological polar surface area (TPSA) is 12.0 Å². The minimum Gasteiger partial charge on any atom is -0.309 e. The van der Waals surface area contributed by atoms with Crippen molar-refractivity contribution in [3.63, 3.8) is 0 Å². The van der Waals surface area contributed by atoms with Gasteiger partial charge in [-0.1, -0.05) is 47.6 Å². The van der Waals surface area contributed by atoms with Crippen LogP contribution in [-0.4, -0.2) is 6.54 Å². The van der Waals surface area contributed by atoms with Crippen molar-refractivity contribution >= 4 is 0 Å². The van der Waals surface area contributed by atoms with Crippen molar-refractivity contribution in [1.82, 2.24) is 5.32 Å². The van der Waals surface area contributed by atoms with Crippen LogP contribution in [0.1, 0.15) is 48.9 Å². The Morgan fingerprint density at radius 1 is 1.19 bits per heavy atom. The van der Waals surface area contributed by atoms with Gasteiger partial charge in [-0.2, -0.15) is 0 Å². The second-order valence-corrected chi connectivity index (χ2v) is 6.96. The Bertz CT molecular complexity index is 563. The van der Waals surface area contributed by atoms with E-state index in [1.807, 2.05) is 0 Å². The minimum absolute atomic E-state index is 0.450. The summed E-state index contributed by atoms with van der Waals surface area (Å²) in [6.07, 6.45) is 10.9. The monoisotopic (exact) mass is 281 g/mol. The first-order valence-electron chi connectivity index (χ1n) is 8.28. The van der Waals surface area contributed by atoms with Crippen LogP contribution in [0.15, 0.2) is 42.0 Å². The molecule has 1 saturated carbocycles. The van der Waals surface area contributed by atoms with Crippen LogP contribution in [-0.2, 0) is 0 Å². The lowest BCUT2D eigenvalue weighted by molar-refractivity contribution is 0.406. The highest BCUT2D eigenvalue weighted by Gasteiger charge is 2.27. The normalized spacial score (nSPS) is 23.0. The van der Waals surface area contributed by atoms with Gasteiger partial charge in [0, 0.05) is 12.0 Å². The Kier molecular flexibility index (Phi) is 4.30. The van der Waals surface area contributed by atoms with Crippen LogP contribution in [0, 0.1) is 25.7 Å². The van der Waals surface area contributed by atoms with E-state index in [9.17, 15) is 0 Å². The van der Waals surface area contributed by atoms with Gasteiger partial charge in [-0.05, 0) is 63.6 Å². The highest BCUT2D eigenvalue weighted by atomic mass is 14.9. The molecule has 1 fully saturated rings. The Morgan fingerprint density at radius 2 is 2.00 bits per heavy atom. The Balaban J connectivity index is 1.83. The number of hydrogen-bond donors (Lipinski definition) is 1. The number of allylic oxidation sites excluding steroid dienone is 3. The lowest BCUT2D eigenvalue weighted by Gasteiger charge is -2.30. The lowest BCUT2D eigenvalue weighted by Crippen LogP contribution is -2.30. The summed E-state index contributed by atoms with van der Waals surface area (Å²) < 4.78 is 0. The third-order valence-corrected chi connectivity index (χ3v) is 4.81. The van der Waals surface area contributed by atoms with Gasteiger partial charge in [0.05, 0.1) is 0 Å². The quantitative estimate of drug-likeness (QED) is 0.812. The number of hydrogen-bond acceptors (Lipinski definition) is 1. The number of aryl methyl sites for hydroxylation is 2. The molecule has 1 heteroatoms. The second kappa shape index (κ2) is 6.19. The largest absolute Gasteiger partial charge is 0.309 e. The van der Waals surface area contributed by atoms with Crippen molar-refractivity contribution in [2.45, 2.75) is 46.1 Å². The molecule has 3 rings (SSSR count). The Labute approximate surface area is 129 Å². The zero-order chi connectivity index (χ0) is 14.8. The van der Waals surface area contributed by atoms with Gasteiger partial charge >= 0.3 is 0 Å². The maximum Gasteiger partial charge on any atom is 0.0389 e. The molecular formula is C20H27N. The molecule has 0 radical (unpaired) electrons. The number of benzene rings is 1. The Morgan fingerprint density at radius 3 is 2.67 bits per heavy atom. The van der Waals surface area contributed by atoms with E-state index in [4.69, 9.17) is 0 Å². The predicted octanol–water partition coefficient (Wildman–Crippen LogP) is 4.87. The summed E-state index contributed by atoms with van der Waals surface area (Å²) in [7, 11) is 0. The summed E-state index contributed by atoms with van der Waals surface area (Å²) in [5.41, 5.74) is 5.74. The molecule has 1 N–H and O–H groups in total. The van der Waals surface area contributed by atoms with Crippen molar-refractivity contribution in [3.05, 3.63) is 58.7 Å². The molecule has 0 bridgehead atoms. The zero-order valence-corrected chi connectivity index (χ0v) is 13.5. The molecule has 0 amide bonds. The summed E-state index contributed by atoms with van der Waals surface area (Å²) in [6, 6.07) is 7.35. The fraction of sp³-hybridized carbons (Fsp3) is 0.500. The van der Waals surface area contributed by atoms with Crippen LogP contribution in [0.5, 0.6) is 0 Å². The van der Waals surface area contributed by atoms with Gasteiger partial charge in [0.15, 0.2) is 0 Å². The zero-order valence-electron chi connectivity index (χ0n) is 13.5. The van der Waals surface area contributed by atoms with Gasteiger partial charge < -0.3 is 5.32 Å². The van der Waals surface area contributed by atoms with Crippen molar-refractivity contribution < 1.29 is 0 Å². The van der Waals surface area contributed by atoms with Gasteiger partial charge in [0.2, 0.25) is 0 Å². The van der Waals surface area contributed by atoms with Crippen LogP contribution in [0.25, 0.3) is 0 Å². The summed E-state index contributed by atoms with van der Waals surface area (Å²) >= 11 is 0. The molecule has 1 aromatic rings. The summed E-state index contributed by atoms with van der Waals surface area (Å²) in [4.78, 5) is 0. The summed E-state index contributed by atoms with van der Waals surface area (Å²) in [6.45, 7) is 7.85. The molecule has 0 aliphatic heterocycles. The summed E-state index contributed by atoms with van der Waals surface area (Å²) in [5, 5.41) is 3.87. The highest BCUT2D eigenvalue weighted by Crippen LogP contribution is 2.35. The van der Waals surface area contributed by atoms with Crippen LogP contribution in [0.2, 0.25) is 0 Å². The molecule has 0 aromatic heterocycles. The molecule has 2 aliphatic rings. The number of rotatable bonds is 5. The fourth-order valence-electron chi connectivity index (χ4n) is 3.38. The van der Waals surface area contributed by atoms with E-state index >= 15 is 0 Å². The maximum atomic E-state index is 3.87. The van der Waals surface area contributed by atoms with Crippen molar-refractivity contribution in [3.8, 4) is 0 Å². The van der Waals surface area contributed by atoms with Crippen LogP contribution < -0.4 is 5.32 Å². The average molecular weight is 281 g/mol. The fourth-order valence-corrected chi connectivity index (χ4v) is 3.38. The minimum atomic E-state index is 0.450. The molecule has 0 spiro atoms. The van der Waals surface area contributed by atoms with E-state index < -0.39 is 0 Å². The molecule has 2 unspecified atom stereocenters. The molecular weight excluding hydrogens is 254 g/mol. The van der Waals surface area contributed by atoms with Gasteiger partial charge in [0.25, 0.3) is 0 Å². The molecule has 2 aliphatic carbocycles. The van der Waals surface area contributed by atoms with E-state index in [1.165, 1.54) is 48.1 Å². The third kappa shape index (κ3) is 3.65. The van der Waals surface area contributed by atoms with E-state index in [0.29, 0.717) is 12.0 Å². The maximum absolute atomic E-state index is 3.87. The van der Waals surface area contributed by atoms with Crippen molar-refractivity contribution in [2.24, 2.45) is 11.8 Å². The lowest BCUT2D eigenvalue weighted by atomic mass is 9.83. The van der Waals surface area contributed by atoms with Gasteiger partial charge in [0.1, 0.15) is 0 Å². The van der Waals surface area contributed by atoms with Crippen LogP contribution in [0.4, 0.5) is 0 Å². The molecule has 0 heterocycles. The number of nitrogens with one attached hydrogen (secondary N) is 1. The average Bonchev–Trinajstić information content (AvgIpc) is 3.25. The smallest absolute Gasteiger partial charge is 0.0389 e. The molecule has 1 aromatic carbocycles. The van der Waals surface area contributed by atoms with E-state index in [2.05, 4.69) is 62.5 Å². The predicted molar refractivity (Wildman–Crippen MR) is 90.4 cm³/mol. The molecule has 0 saturated heterocycles. The van der Waals surface area contributed by atoms with Gasteiger partial charge in [-0.3, -0.25) is 0 Å². The highest BCUT2D eigenvalue weighted by molar-refractivity contribution is 5.35. The molecule has 2 atom stereocenters. The van der Waals surface area contributed by atoms with Crippen LogP contribution >= 0.6 is 0 Å². The summed E-state index contributed by atoms with van der Waals surface area (Å²) in [5.74, 6) is 1.50. The van der Waals surface area contributed by atoms with Crippen molar-refractivity contribution in [2.75, 3.05) is 6.54 Å². The standard InChI is InChI=1S/C20H27N/c1-14-5-4-6-18(12-14)20(21-13-17-8-9-17)19-10-7-15(2)11-16(19)3/h4-7,10-11,17-18,20-21H,8-9,12-13H2,1-3H3. The van der Waals surface area contributed by atoms with Gasteiger partial charge in [-0.15, -0.1) is 0 Å². The second-order valence-electron chi connectivity index (χ2n) is 6.96. The van der Waals surface area contributed by atoms with Crippen molar-refractivity contribution in [1.29, 1.82) is 0 Å².